The molecule has 0 spiro atoms. The fourth-order valence-corrected chi connectivity index (χ4v) is 2.69. The third-order valence-electron chi connectivity index (χ3n) is 3.44. The first-order valence-corrected chi connectivity index (χ1v) is 6.59. The van der Waals surface area contributed by atoms with E-state index in [9.17, 15) is 4.79 Å². The maximum Gasteiger partial charge on any atom is 0.318 e. The zero-order valence-electron chi connectivity index (χ0n) is 11.6. The number of likely N-dealkylation sites (tertiary alicyclic amines) is 1. The summed E-state index contributed by atoms with van der Waals surface area (Å²) < 4.78 is 0. The van der Waals surface area contributed by atoms with Gasteiger partial charge >= 0.3 is 6.03 Å². The Balaban J connectivity index is 2.20. The molecule has 100 valence electrons. The summed E-state index contributed by atoms with van der Waals surface area (Å²) in [5, 5.41) is 10.2. The van der Waals surface area contributed by atoms with Crippen LogP contribution in [0.15, 0.2) is 0 Å². The fourth-order valence-electron chi connectivity index (χ4n) is 2.69. The number of carbonyl (C=O) groups is 1. The van der Waals surface area contributed by atoms with Crippen LogP contribution >= 0.6 is 0 Å². The van der Waals surface area contributed by atoms with Gasteiger partial charge in [-0.05, 0) is 40.5 Å². The van der Waals surface area contributed by atoms with Crippen LogP contribution in [0.2, 0.25) is 0 Å². The van der Waals surface area contributed by atoms with Crippen molar-refractivity contribution in [3.05, 3.63) is 17.0 Å². The van der Waals surface area contributed by atoms with Crippen molar-refractivity contribution < 1.29 is 4.79 Å². The molecule has 1 atom stereocenters. The van der Waals surface area contributed by atoms with E-state index in [0.717, 1.165) is 30.8 Å². The molecule has 5 nitrogen and oxygen atoms in total. The second-order valence-electron chi connectivity index (χ2n) is 5.30. The topological polar surface area (TPSA) is 61.0 Å². The number of urea groups is 1. The standard InChI is InChI=1S/C13H22N4O/c1-8(2)14-13(18)17-7-5-6-11(17)12-9(3)15-16-10(12)4/h8,11H,5-7H2,1-4H3,(H,14,18)(H,15,16). The molecule has 1 unspecified atom stereocenters. The van der Waals surface area contributed by atoms with E-state index < -0.39 is 0 Å². The second-order valence-corrected chi connectivity index (χ2v) is 5.30. The Morgan fingerprint density at radius 1 is 1.50 bits per heavy atom. The van der Waals surface area contributed by atoms with Crippen LogP contribution in [0.25, 0.3) is 0 Å². The molecule has 2 heterocycles. The van der Waals surface area contributed by atoms with Gasteiger partial charge in [0.2, 0.25) is 0 Å². The summed E-state index contributed by atoms with van der Waals surface area (Å²) in [5.74, 6) is 0. The summed E-state index contributed by atoms with van der Waals surface area (Å²) in [5.41, 5.74) is 3.26. The lowest BCUT2D eigenvalue weighted by Gasteiger charge is -2.26. The summed E-state index contributed by atoms with van der Waals surface area (Å²) in [6.45, 7) is 8.81. The van der Waals surface area contributed by atoms with Crippen LogP contribution in [0, 0.1) is 13.8 Å². The Hall–Kier alpha value is -1.52. The monoisotopic (exact) mass is 250 g/mol. The molecular formula is C13H22N4O. The lowest BCUT2D eigenvalue weighted by Crippen LogP contribution is -2.42. The Morgan fingerprint density at radius 3 is 2.78 bits per heavy atom. The molecule has 0 saturated carbocycles. The van der Waals surface area contributed by atoms with E-state index >= 15 is 0 Å². The summed E-state index contributed by atoms with van der Waals surface area (Å²) in [4.78, 5) is 14.1. The molecule has 1 aliphatic heterocycles. The van der Waals surface area contributed by atoms with Gasteiger partial charge in [-0.25, -0.2) is 4.79 Å². The average Bonchev–Trinajstić information content (AvgIpc) is 2.84. The van der Waals surface area contributed by atoms with Crippen molar-refractivity contribution in [2.45, 2.75) is 52.6 Å². The Bertz CT molecular complexity index is 419. The molecule has 1 aromatic rings. The van der Waals surface area contributed by atoms with Crippen LogP contribution in [-0.4, -0.2) is 33.7 Å². The van der Waals surface area contributed by atoms with Crippen molar-refractivity contribution in [3.8, 4) is 0 Å². The number of aryl methyl sites for hydroxylation is 2. The van der Waals surface area contributed by atoms with E-state index in [-0.39, 0.29) is 18.1 Å². The number of H-pyrrole nitrogens is 1. The molecule has 18 heavy (non-hydrogen) atoms. The minimum Gasteiger partial charge on any atom is -0.336 e. The van der Waals surface area contributed by atoms with Gasteiger partial charge < -0.3 is 10.2 Å². The summed E-state index contributed by atoms with van der Waals surface area (Å²) in [7, 11) is 0. The fraction of sp³-hybridized carbons (Fsp3) is 0.692. The molecule has 5 heteroatoms. The van der Waals surface area contributed by atoms with Crippen LogP contribution < -0.4 is 5.32 Å². The molecule has 0 bridgehead atoms. The SMILES string of the molecule is Cc1n[nH]c(C)c1C1CCCN1C(=O)NC(C)C. The van der Waals surface area contributed by atoms with E-state index in [1.165, 1.54) is 5.56 Å². The van der Waals surface area contributed by atoms with Crippen molar-refractivity contribution in [1.29, 1.82) is 0 Å². The highest BCUT2D eigenvalue weighted by molar-refractivity contribution is 5.75. The molecule has 2 N–H and O–H groups in total. The van der Waals surface area contributed by atoms with Crippen molar-refractivity contribution in [2.24, 2.45) is 0 Å². The Morgan fingerprint density at radius 2 is 2.22 bits per heavy atom. The van der Waals surface area contributed by atoms with Crippen LogP contribution in [0.4, 0.5) is 4.79 Å². The predicted molar refractivity (Wildman–Crippen MR) is 70.4 cm³/mol. The van der Waals surface area contributed by atoms with Crippen LogP contribution in [0.5, 0.6) is 0 Å². The van der Waals surface area contributed by atoms with Crippen molar-refractivity contribution in [2.75, 3.05) is 6.54 Å². The highest BCUT2D eigenvalue weighted by Gasteiger charge is 2.32. The lowest BCUT2D eigenvalue weighted by atomic mass is 10.0. The molecular weight excluding hydrogens is 228 g/mol. The third-order valence-corrected chi connectivity index (χ3v) is 3.44. The predicted octanol–water partition coefficient (Wildman–Crippen LogP) is 2.28. The Kier molecular flexibility index (Phi) is 3.59. The maximum absolute atomic E-state index is 12.2. The van der Waals surface area contributed by atoms with Gasteiger partial charge in [0.05, 0.1) is 11.7 Å². The largest absolute Gasteiger partial charge is 0.336 e. The number of nitrogens with zero attached hydrogens (tertiary/aromatic N) is 2. The van der Waals surface area contributed by atoms with E-state index in [2.05, 4.69) is 15.5 Å². The number of nitrogens with one attached hydrogen (secondary N) is 2. The third kappa shape index (κ3) is 2.35. The van der Waals surface area contributed by atoms with Crippen LogP contribution in [-0.2, 0) is 0 Å². The van der Waals surface area contributed by atoms with Crippen molar-refractivity contribution in [1.82, 2.24) is 20.4 Å². The number of aromatic nitrogens is 2. The molecule has 0 aliphatic carbocycles. The number of rotatable bonds is 2. The maximum atomic E-state index is 12.2. The first kappa shape index (κ1) is 12.9. The molecule has 0 aromatic carbocycles. The van der Waals surface area contributed by atoms with Crippen LogP contribution in [0.1, 0.15) is 49.7 Å². The first-order valence-electron chi connectivity index (χ1n) is 6.59. The quantitative estimate of drug-likeness (QED) is 0.846. The highest BCUT2D eigenvalue weighted by Crippen LogP contribution is 2.34. The van der Waals surface area contributed by atoms with Crippen LogP contribution in [0.3, 0.4) is 0 Å². The number of hydrogen-bond donors (Lipinski definition) is 2. The van der Waals surface area contributed by atoms with Gasteiger partial charge in [0.1, 0.15) is 0 Å². The van der Waals surface area contributed by atoms with E-state index in [1.807, 2.05) is 32.6 Å². The normalized spacial score (nSPS) is 19.6. The minimum atomic E-state index is 0.0347. The van der Waals surface area contributed by atoms with Gasteiger partial charge in [-0.15, -0.1) is 0 Å². The summed E-state index contributed by atoms with van der Waals surface area (Å²) in [6, 6.07) is 0.375. The average molecular weight is 250 g/mol. The molecule has 2 rings (SSSR count). The molecule has 1 fully saturated rings. The van der Waals surface area contributed by atoms with Gasteiger partial charge in [-0.3, -0.25) is 5.10 Å². The zero-order chi connectivity index (χ0) is 13.3. The second kappa shape index (κ2) is 5.00. The van der Waals surface area contributed by atoms with Gasteiger partial charge in [0.15, 0.2) is 0 Å². The van der Waals surface area contributed by atoms with Gasteiger partial charge in [0.25, 0.3) is 0 Å². The van der Waals surface area contributed by atoms with E-state index in [1.54, 1.807) is 0 Å². The molecule has 0 radical (unpaired) electrons. The van der Waals surface area contributed by atoms with Gasteiger partial charge in [-0.2, -0.15) is 5.10 Å². The van der Waals surface area contributed by atoms with Crippen molar-refractivity contribution >= 4 is 6.03 Å². The molecule has 1 aliphatic rings. The summed E-state index contributed by atoms with van der Waals surface area (Å²) in [6.07, 6.45) is 2.08. The lowest BCUT2D eigenvalue weighted by molar-refractivity contribution is 0.190. The number of hydrogen-bond acceptors (Lipinski definition) is 2. The Labute approximate surface area is 108 Å². The number of amides is 2. The highest BCUT2D eigenvalue weighted by atomic mass is 16.2. The molecule has 1 aromatic heterocycles. The summed E-state index contributed by atoms with van der Waals surface area (Å²) >= 11 is 0. The van der Waals surface area contributed by atoms with Crippen molar-refractivity contribution in [3.63, 3.8) is 0 Å². The zero-order valence-corrected chi connectivity index (χ0v) is 11.6. The van der Waals surface area contributed by atoms with Gasteiger partial charge in [0, 0.05) is 23.8 Å². The minimum absolute atomic E-state index is 0.0347. The molecule has 1 saturated heterocycles. The number of carbonyl (C=O) groups excluding carboxylic acids is 1. The first-order chi connectivity index (χ1) is 8.50. The smallest absolute Gasteiger partial charge is 0.318 e. The van der Waals surface area contributed by atoms with Gasteiger partial charge in [-0.1, -0.05) is 0 Å². The van der Waals surface area contributed by atoms with E-state index in [4.69, 9.17) is 0 Å². The van der Waals surface area contributed by atoms with E-state index in [0.29, 0.717) is 0 Å². The molecule has 2 amide bonds. The number of aromatic amines is 1.